The van der Waals surface area contributed by atoms with E-state index in [9.17, 15) is 0 Å². The average molecular weight is 220 g/mol. The second kappa shape index (κ2) is 8.98. The second-order valence-electron chi connectivity index (χ2n) is 3.70. The maximum atomic E-state index is 5.58. The number of allylic oxidation sites excluding steroid dienone is 6. The van der Waals surface area contributed by atoms with Crippen LogP contribution in [0.5, 0.6) is 0 Å². The van der Waals surface area contributed by atoms with Gasteiger partial charge >= 0.3 is 0 Å². The Morgan fingerprint density at radius 1 is 1.44 bits per heavy atom. The van der Waals surface area contributed by atoms with Gasteiger partial charge in [0.1, 0.15) is 0 Å². The summed E-state index contributed by atoms with van der Waals surface area (Å²) >= 11 is 0. The summed E-state index contributed by atoms with van der Waals surface area (Å²) in [6.07, 6.45) is 10.6. The van der Waals surface area contributed by atoms with Crippen LogP contribution < -0.4 is 5.73 Å². The highest BCUT2D eigenvalue weighted by atomic mass is 15.1. The van der Waals surface area contributed by atoms with Crippen molar-refractivity contribution in [3.05, 3.63) is 48.2 Å². The summed E-state index contributed by atoms with van der Waals surface area (Å²) < 4.78 is 0. The van der Waals surface area contributed by atoms with Crippen molar-refractivity contribution in [2.75, 3.05) is 20.1 Å². The molecule has 0 aliphatic heterocycles. The zero-order valence-corrected chi connectivity index (χ0v) is 10.7. The number of nitrogens with zero attached hydrogens (tertiary/aromatic N) is 1. The number of rotatable bonds is 3. The molecule has 0 aromatic heterocycles. The van der Waals surface area contributed by atoms with Crippen LogP contribution in [0.15, 0.2) is 48.2 Å². The van der Waals surface area contributed by atoms with Crippen molar-refractivity contribution in [1.29, 1.82) is 0 Å². The van der Waals surface area contributed by atoms with Crippen molar-refractivity contribution in [3.63, 3.8) is 0 Å². The largest absolute Gasteiger partial charge is 0.402 e. The van der Waals surface area contributed by atoms with E-state index < -0.39 is 0 Å². The zero-order chi connectivity index (χ0) is 12.4. The number of nitrogens with two attached hydrogens (primary N) is 1. The quantitative estimate of drug-likeness (QED) is 0.792. The van der Waals surface area contributed by atoms with E-state index in [1.165, 1.54) is 0 Å². The van der Waals surface area contributed by atoms with Gasteiger partial charge in [-0.15, -0.1) is 0 Å². The van der Waals surface area contributed by atoms with Gasteiger partial charge in [-0.2, -0.15) is 0 Å². The van der Waals surface area contributed by atoms with Crippen molar-refractivity contribution < 1.29 is 0 Å². The maximum absolute atomic E-state index is 5.58. The van der Waals surface area contributed by atoms with Crippen molar-refractivity contribution in [1.82, 2.24) is 4.90 Å². The zero-order valence-electron chi connectivity index (χ0n) is 10.7. The molecule has 0 saturated heterocycles. The molecule has 0 aromatic carbocycles. The van der Waals surface area contributed by atoms with E-state index >= 15 is 0 Å². The Bertz CT molecular complexity index is 281. The van der Waals surface area contributed by atoms with Gasteiger partial charge in [-0.3, -0.25) is 0 Å². The summed E-state index contributed by atoms with van der Waals surface area (Å²) in [6, 6.07) is 0. The van der Waals surface area contributed by atoms with Crippen LogP contribution >= 0.6 is 0 Å². The molecular formula is C14H24N2. The summed E-state index contributed by atoms with van der Waals surface area (Å²) in [5.74, 6) is 0. The Morgan fingerprint density at radius 3 is 2.50 bits per heavy atom. The standard InChI is InChI=1S/C9H11N.C5H13N/c1-2-8-4-3-5-9(10)7-6-8;1-4-6(3)5-2/h2-6H,1,7,10H2;4-5H2,1-3H3. The molecule has 0 atom stereocenters. The average Bonchev–Trinajstić information content (AvgIpc) is 2.53. The van der Waals surface area contributed by atoms with Crippen LogP contribution in [-0.2, 0) is 0 Å². The molecule has 1 rings (SSSR count). The summed E-state index contributed by atoms with van der Waals surface area (Å²) in [7, 11) is 2.11. The van der Waals surface area contributed by atoms with Gasteiger partial charge in [0.25, 0.3) is 0 Å². The minimum Gasteiger partial charge on any atom is -0.402 e. The Balaban J connectivity index is 0.000000325. The van der Waals surface area contributed by atoms with E-state index in [0.717, 1.165) is 30.8 Å². The first kappa shape index (κ1) is 14.7. The van der Waals surface area contributed by atoms with Crippen molar-refractivity contribution >= 4 is 0 Å². The molecule has 0 bridgehead atoms. The van der Waals surface area contributed by atoms with E-state index in [1.54, 1.807) is 0 Å². The Morgan fingerprint density at radius 2 is 2.06 bits per heavy atom. The maximum Gasteiger partial charge on any atom is 0.0119 e. The van der Waals surface area contributed by atoms with E-state index in [1.807, 2.05) is 24.3 Å². The van der Waals surface area contributed by atoms with E-state index in [4.69, 9.17) is 5.73 Å². The van der Waals surface area contributed by atoms with Gasteiger partial charge in [0.2, 0.25) is 0 Å². The molecule has 0 spiro atoms. The third-order valence-corrected chi connectivity index (χ3v) is 2.49. The van der Waals surface area contributed by atoms with Crippen LogP contribution in [0.2, 0.25) is 0 Å². The predicted octanol–water partition coefficient (Wildman–Crippen LogP) is 2.86. The second-order valence-corrected chi connectivity index (χ2v) is 3.70. The fourth-order valence-corrected chi connectivity index (χ4v) is 1.03. The molecule has 2 heteroatoms. The van der Waals surface area contributed by atoms with Crippen LogP contribution in [0.1, 0.15) is 20.3 Å². The summed E-state index contributed by atoms with van der Waals surface area (Å²) in [4.78, 5) is 2.25. The van der Waals surface area contributed by atoms with Crippen LogP contribution in [0.25, 0.3) is 0 Å². The topological polar surface area (TPSA) is 29.3 Å². The van der Waals surface area contributed by atoms with Crippen LogP contribution in [0.4, 0.5) is 0 Å². The SMILES string of the molecule is C=CC1=CCC(N)=CC=C1.CCN(C)CC. The molecule has 2 N–H and O–H groups in total. The molecule has 16 heavy (non-hydrogen) atoms. The molecule has 0 saturated carbocycles. The molecule has 1 aliphatic rings. The molecule has 0 amide bonds. The molecule has 2 nitrogen and oxygen atoms in total. The van der Waals surface area contributed by atoms with Gasteiger partial charge < -0.3 is 10.6 Å². The fraction of sp³-hybridized carbons (Fsp3) is 0.429. The molecule has 0 aromatic rings. The lowest BCUT2D eigenvalue weighted by molar-refractivity contribution is 0.373. The molecule has 0 heterocycles. The van der Waals surface area contributed by atoms with Crippen molar-refractivity contribution in [2.24, 2.45) is 5.73 Å². The van der Waals surface area contributed by atoms with Crippen LogP contribution in [-0.4, -0.2) is 25.0 Å². The monoisotopic (exact) mass is 220 g/mol. The minimum absolute atomic E-state index is 0.828. The first-order chi connectivity index (χ1) is 7.63. The Kier molecular flexibility index (Phi) is 8.26. The third-order valence-electron chi connectivity index (χ3n) is 2.49. The first-order valence-corrected chi connectivity index (χ1v) is 5.77. The molecule has 0 radical (unpaired) electrons. The van der Waals surface area contributed by atoms with Gasteiger partial charge in [-0.1, -0.05) is 44.7 Å². The Labute approximate surface area is 99.8 Å². The predicted molar refractivity (Wildman–Crippen MR) is 73.2 cm³/mol. The molecular weight excluding hydrogens is 196 g/mol. The highest BCUT2D eigenvalue weighted by molar-refractivity contribution is 5.35. The van der Waals surface area contributed by atoms with E-state index in [-0.39, 0.29) is 0 Å². The lowest BCUT2D eigenvalue weighted by Crippen LogP contribution is -2.15. The van der Waals surface area contributed by atoms with E-state index in [0.29, 0.717) is 0 Å². The molecule has 90 valence electrons. The van der Waals surface area contributed by atoms with Gasteiger partial charge in [-0.25, -0.2) is 0 Å². The lowest BCUT2D eigenvalue weighted by atomic mass is 10.2. The first-order valence-electron chi connectivity index (χ1n) is 5.77. The normalized spacial score (nSPS) is 14.5. The number of hydrogen-bond donors (Lipinski definition) is 1. The van der Waals surface area contributed by atoms with Crippen LogP contribution in [0, 0.1) is 0 Å². The van der Waals surface area contributed by atoms with E-state index in [2.05, 4.69) is 38.5 Å². The van der Waals surface area contributed by atoms with Crippen LogP contribution in [0.3, 0.4) is 0 Å². The van der Waals surface area contributed by atoms with Crippen molar-refractivity contribution in [2.45, 2.75) is 20.3 Å². The van der Waals surface area contributed by atoms with Gasteiger partial charge in [-0.05, 0) is 31.8 Å². The Hall–Kier alpha value is -1.28. The summed E-state index contributed by atoms with van der Waals surface area (Å²) in [5.41, 5.74) is 7.61. The summed E-state index contributed by atoms with van der Waals surface area (Å²) in [6.45, 7) is 10.3. The van der Waals surface area contributed by atoms with Gasteiger partial charge in [0.15, 0.2) is 0 Å². The van der Waals surface area contributed by atoms with Crippen molar-refractivity contribution in [3.8, 4) is 0 Å². The highest BCUT2D eigenvalue weighted by Crippen LogP contribution is 2.07. The van der Waals surface area contributed by atoms with Gasteiger partial charge in [0.05, 0.1) is 0 Å². The smallest absolute Gasteiger partial charge is 0.0119 e. The lowest BCUT2D eigenvalue weighted by Gasteiger charge is -2.07. The third kappa shape index (κ3) is 7.07. The number of hydrogen-bond acceptors (Lipinski definition) is 2. The highest BCUT2D eigenvalue weighted by Gasteiger charge is 1.91. The summed E-state index contributed by atoms with van der Waals surface area (Å²) in [5, 5.41) is 0. The minimum atomic E-state index is 0.828. The molecule has 0 unspecified atom stereocenters. The molecule has 1 aliphatic carbocycles. The fourth-order valence-electron chi connectivity index (χ4n) is 1.03. The molecule has 0 fully saturated rings. The van der Waals surface area contributed by atoms with Gasteiger partial charge in [0, 0.05) is 12.1 Å².